The van der Waals surface area contributed by atoms with Gasteiger partial charge in [0.25, 0.3) is 0 Å². The number of aromatic nitrogens is 1. The molecule has 0 saturated carbocycles. The van der Waals surface area contributed by atoms with Crippen LogP contribution in [-0.4, -0.2) is 4.98 Å². The molecule has 0 aliphatic heterocycles. The van der Waals surface area contributed by atoms with E-state index in [9.17, 15) is 0 Å². The van der Waals surface area contributed by atoms with Gasteiger partial charge in [0.15, 0.2) is 0 Å². The lowest BCUT2D eigenvalue weighted by molar-refractivity contribution is 1.10. The van der Waals surface area contributed by atoms with Crippen LogP contribution >= 0.6 is 11.3 Å². The second-order valence-corrected chi connectivity index (χ2v) is 4.57. The molecule has 0 aliphatic carbocycles. The summed E-state index contributed by atoms with van der Waals surface area (Å²) in [6.45, 7) is 4.80. The van der Waals surface area contributed by atoms with Crippen molar-refractivity contribution in [3.05, 3.63) is 39.7 Å². The van der Waals surface area contributed by atoms with Gasteiger partial charge in [-0.3, -0.25) is 0 Å². The molecule has 0 spiro atoms. The second-order valence-electron chi connectivity index (χ2n) is 3.63. The number of aryl methyl sites for hydroxylation is 2. The van der Waals surface area contributed by atoms with Crippen molar-refractivity contribution in [2.45, 2.75) is 20.4 Å². The topological polar surface area (TPSA) is 38.9 Å². The van der Waals surface area contributed by atoms with Gasteiger partial charge in [-0.05, 0) is 31.0 Å². The maximum absolute atomic E-state index is 5.67. The van der Waals surface area contributed by atoms with Gasteiger partial charge in [-0.15, -0.1) is 11.3 Å². The molecule has 0 saturated heterocycles. The van der Waals surface area contributed by atoms with Crippen LogP contribution in [-0.2, 0) is 6.54 Å². The number of nitrogens with two attached hydrogens (primary N) is 1. The van der Waals surface area contributed by atoms with Gasteiger partial charge in [-0.25, -0.2) is 4.98 Å². The highest BCUT2D eigenvalue weighted by atomic mass is 32.1. The minimum Gasteiger partial charge on any atom is -0.326 e. The molecule has 3 heteroatoms. The molecule has 1 aromatic heterocycles. The van der Waals surface area contributed by atoms with E-state index in [1.165, 1.54) is 16.7 Å². The van der Waals surface area contributed by atoms with Crippen LogP contribution in [0.25, 0.3) is 11.3 Å². The van der Waals surface area contributed by atoms with Crippen molar-refractivity contribution >= 4 is 11.3 Å². The highest BCUT2D eigenvalue weighted by Gasteiger charge is 2.07. The Balaban J connectivity index is 2.50. The predicted molar refractivity (Wildman–Crippen MR) is 64.9 cm³/mol. The first kappa shape index (κ1) is 10.3. The Morgan fingerprint density at radius 1 is 1.27 bits per heavy atom. The van der Waals surface area contributed by atoms with E-state index in [2.05, 4.69) is 37.0 Å². The Labute approximate surface area is 93.8 Å². The molecule has 2 rings (SSSR count). The molecule has 2 nitrogen and oxygen atoms in total. The maximum Gasteiger partial charge on any atom is 0.0856 e. The SMILES string of the molecule is Cc1ccc(-c2ncsc2CN)cc1C. The molecule has 0 aliphatic rings. The summed E-state index contributed by atoms with van der Waals surface area (Å²) in [5, 5.41) is 0. The fourth-order valence-corrected chi connectivity index (χ4v) is 2.20. The molecule has 2 aromatic rings. The summed E-state index contributed by atoms with van der Waals surface area (Å²) in [5.74, 6) is 0. The van der Waals surface area contributed by atoms with Crippen LogP contribution in [0.5, 0.6) is 0 Å². The quantitative estimate of drug-likeness (QED) is 0.841. The maximum atomic E-state index is 5.67. The summed E-state index contributed by atoms with van der Waals surface area (Å²) in [5.41, 5.74) is 12.3. The van der Waals surface area contributed by atoms with Gasteiger partial charge in [0.1, 0.15) is 0 Å². The molecule has 0 radical (unpaired) electrons. The molecule has 1 heterocycles. The minimum atomic E-state index is 0.562. The largest absolute Gasteiger partial charge is 0.326 e. The Bertz CT molecular complexity index is 474. The number of hydrogen-bond donors (Lipinski definition) is 1. The Morgan fingerprint density at radius 2 is 2.07 bits per heavy atom. The molecule has 15 heavy (non-hydrogen) atoms. The van der Waals surface area contributed by atoms with Gasteiger partial charge in [-0.1, -0.05) is 12.1 Å². The van der Waals surface area contributed by atoms with Crippen molar-refractivity contribution in [2.24, 2.45) is 5.73 Å². The number of nitrogens with zero attached hydrogens (tertiary/aromatic N) is 1. The molecule has 0 bridgehead atoms. The molecule has 2 N–H and O–H groups in total. The highest BCUT2D eigenvalue weighted by Crippen LogP contribution is 2.26. The van der Waals surface area contributed by atoms with Crippen molar-refractivity contribution in [1.82, 2.24) is 4.98 Å². The van der Waals surface area contributed by atoms with Crippen LogP contribution in [0.15, 0.2) is 23.7 Å². The van der Waals surface area contributed by atoms with Gasteiger partial charge in [0, 0.05) is 17.0 Å². The molecule has 1 aromatic carbocycles. The lowest BCUT2D eigenvalue weighted by Crippen LogP contribution is -1.95. The number of rotatable bonds is 2. The average molecular weight is 218 g/mol. The van der Waals surface area contributed by atoms with Gasteiger partial charge in [0.05, 0.1) is 11.2 Å². The van der Waals surface area contributed by atoms with Crippen LogP contribution in [0, 0.1) is 13.8 Å². The third-order valence-electron chi connectivity index (χ3n) is 2.61. The van der Waals surface area contributed by atoms with E-state index in [1.807, 2.05) is 5.51 Å². The minimum absolute atomic E-state index is 0.562. The average Bonchev–Trinajstić information content (AvgIpc) is 2.70. The van der Waals surface area contributed by atoms with Gasteiger partial charge >= 0.3 is 0 Å². The monoisotopic (exact) mass is 218 g/mol. The Morgan fingerprint density at radius 3 is 2.73 bits per heavy atom. The summed E-state index contributed by atoms with van der Waals surface area (Å²) in [4.78, 5) is 5.52. The van der Waals surface area contributed by atoms with E-state index in [4.69, 9.17) is 5.73 Å². The summed E-state index contributed by atoms with van der Waals surface area (Å²) in [7, 11) is 0. The lowest BCUT2D eigenvalue weighted by atomic mass is 10.0. The van der Waals surface area contributed by atoms with Gasteiger partial charge in [-0.2, -0.15) is 0 Å². The first-order chi connectivity index (χ1) is 7.22. The zero-order valence-electron chi connectivity index (χ0n) is 8.95. The fourth-order valence-electron chi connectivity index (χ4n) is 1.54. The Hall–Kier alpha value is -1.19. The third kappa shape index (κ3) is 1.94. The Kier molecular flexibility index (Phi) is 2.84. The van der Waals surface area contributed by atoms with E-state index in [1.54, 1.807) is 11.3 Å². The van der Waals surface area contributed by atoms with Crippen LogP contribution in [0.1, 0.15) is 16.0 Å². The van der Waals surface area contributed by atoms with E-state index in [-0.39, 0.29) is 0 Å². The second kappa shape index (κ2) is 4.13. The molecule has 0 unspecified atom stereocenters. The normalized spacial score (nSPS) is 10.6. The third-order valence-corrected chi connectivity index (χ3v) is 3.46. The number of benzene rings is 1. The molecule has 0 atom stereocenters. The molecule has 78 valence electrons. The number of hydrogen-bond acceptors (Lipinski definition) is 3. The van der Waals surface area contributed by atoms with Crippen LogP contribution in [0.2, 0.25) is 0 Å². The summed E-state index contributed by atoms with van der Waals surface area (Å²) < 4.78 is 0. The van der Waals surface area contributed by atoms with Gasteiger partial charge in [0.2, 0.25) is 0 Å². The zero-order chi connectivity index (χ0) is 10.8. The van der Waals surface area contributed by atoms with Crippen LogP contribution < -0.4 is 5.73 Å². The van der Waals surface area contributed by atoms with E-state index < -0.39 is 0 Å². The van der Waals surface area contributed by atoms with E-state index in [0.717, 1.165) is 10.6 Å². The molecular weight excluding hydrogens is 204 g/mol. The van der Waals surface area contributed by atoms with Crippen molar-refractivity contribution < 1.29 is 0 Å². The summed E-state index contributed by atoms with van der Waals surface area (Å²) in [6.07, 6.45) is 0. The van der Waals surface area contributed by atoms with Crippen LogP contribution in [0.3, 0.4) is 0 Å². The highest BCUT2D eigenvalue weighted by molar-refractivity contribution is 7.10. The zero-order valence-corrected chi connectivity index (χ0v) is 9.77. The predicted octanol–water partition coefficient (Wildman–Crippen LogP) is 2.89. The molecule has 0 fully saturated rings. The van der Waals surface area contributed by atoms with Crippen LogP contribution in [0.4, 0.5) is 0 Å². The lowest BCUT2D eigenvalue weighted by Gasteiger charge is -2.04. The standard InChI is InChI=1S/C12H14N2S/c1-8-3-4-10(5-9(8)2)12-11(6-13)15-7-14-12/h3-5,7H,6,13H2,1-2H3. The molecular formula is C12H14N2S. The molecule has 0 amide bonds. The summed E-state index contributed by atoms with van der Waals surface area (Å²) >= 11 is 1.62. The summed E-state index contributed by atoms with van der Waals surface area (Å²) in [6, 6.07) is 6.41. The fraction of sp³-hybridized carbons (Fsp3) is 0.250. The van der Waals surface area contributed by atoms with Crippen molar-refractivity contribution in [1.29, 1.82) is 0 Å². The first-order valence-corrected chi connectivity index (χ1v) is 5.80. The van der Waals surface area contributed by atoms with Crippen molar-refractivity contribution in [3.8, 4) is 11.3 Å². The van der Waals surface area contributed by atoms with Gasteiger partial charge < -0.3 is 5.73 Å². The number of thiazole rings is 1. The smallest absolute Gasteiger partial charge is 0.0856 e. The van der Waals surface area contributed by atoms with E-state index in [0.29, 0.717) is 6.54 Å². The van der Waals surface area contributed by atoms with Crippen molar-refractivity contribution in [3.63, 3.8) is 0 Å². The van der Waals surface area contributed by atoms with E-state index >= 15 is 0 Å². The van der Waals surface area contributed by atoms with Crippen molar-refractivity contribution in [2.75, 3.05) is 0 Å². The first-order valence-electron chi connectivity index (χ1n) is 4.92.